The first-order chi connectivity index (χ1) is 17.2. The zero-order valence-corrected chi connectivity index (χ0v) is 20.7. The van der Waals surface area contributed by atoms with Crippen LogP contribution in [0.4, 0.5) is 4.39 Å². The molecular weight excluding hydrogens is 489 g/mol. The molecule has 1 heterocycles. The van der Waals surface area contributed by atoms with E-state index >= 15 is 0 Å². The number of ether oxygens (including phenoxy) is 2. The molecule has 0 spiro atoms. The molecule has 0 saturated carbocycles. The average Bonchev–Trinajstić information content (AvgIpc) is 3.34. The second-order valence-electron chi connectivity index (χ2n) is 7.44. The number of hydrogen-bond donors (Lipinski definition) is 1. The molecule has 1 N–H and O–H groups in total. The van der Waals surface area contributed by atoms with E-state index < -0.39 is 5.82 Å². The second kappa shape index (κ2) is 12.5. The topological polar surface area (TPSA) is 74.1 Å². The summed E-state index contributed by atoms with van der Waals surface area (Å²) in [6.07, 6.45) is 0. The number of para-hydroxylation sites is 1. The van der Waals surface area contributed by atoms with E-state index in [1.54, 1.807) is 28.6 Å². The van der Waals surface area contributed by atoms with Gasteiger partial charge in [0, 0.05) is 24.4 Å². The average molecular weight is 514 g/mol. The van der Waals surface area contributed by atoms with E-state index in [1.807, 2.05) is 55.5 Å². The summed E-state index contributed by atoms with van der Waals surface area (Å²) in [5, 5.41) is 16.5. The van der Waals surface area contributed by atoms with Gasteiger partial charge in [0.15, 0.2) is 11.5 Å². The molecule has 0 aliphatic rings. The fourth-order valence-corrected chi connectivity index (χ4v) is 4.32. The number of thioether (sulfide) groups is 1. The number of halogens is 2. The molecule has 35 heavy (non-hydrogen) atoms. The molecular formula is C25H25ClFN5O2S. The van der Waals surface area contributed by atoms with E-state index in [1.165, 1.54) is 6.07 Å². The fraction of sp³-hybridized carbons (Fsp3) is 0.240. The number of benzene rings is 3. The van der Waals surface area contributed by atoms with E-state index in [-0.39, 0.29) is 6.61 Å². The SMILES string of the molecule is CCOc1cc(CNCCSc2nnnn2-c2ccccc2)ccc1OCc1c(F)cccc1Cl. The summed E-state index contributed by atoms with van der Waals surface area (Å²) >= 11 is 7.69. The number of aromatic nitrogens is 4. The van der Waals surface area contributed by atoms with Crippen LogP contribution in [0.2, 0.25) is 5.02 Å². The molecule has 3 aromatic carbocycles. The third-order valence-electron chi connectivity index (χ3n) is 5.02. The highest BCUT2D eigenvalue weighted by molar-refractivity contribution is 7.99. The lowest BCUT2D eigenvalue weighted by Gasteiger charge is -2.14. The van der Waals surface area contributed by atoms with Gasteiger partial charge < -0.3 is 14.8 Å². The smallest absolute Gasteiger partial charge is 0.214 e. The first kappa shape index (κ1) is 25.0. The van der Waals surface area contributed by atoms with Crippen LogP contribution in [0, 0.1) is 5.82 Å². The van der Waals surface area contributed by atoms with E-state index in [2.05, 4.69) is 20.8 Å². The van der Waals surface area contributed by atoms with Crippen molar-refractivity contribution in [2.75, 3.05) is 18.9 Å². The van der Waals surface area contributed by atoms with Gasteiger partial charge in [-0.25, -0.2) is 4.39 Å². The van der Waals surface area contributed by atoms with Crippen LogP contribution in [-0.2, 0) is 13.2 Å². The zero-order chi connectivity index (χ0) is 24.5. The number of nitrogens with zero attached hydrogens (tertiary/aromatic N) is 4. The molecule has 1 aromatic heterocycles. The van der Waals surface area contributed by atoms with Gasteiger partial charge in [-0.3, -0.25) is 0 Å². The number of tetrazole rings is 1. The Morgan fingerprint density at radius 3 is 2.69 bits per heavy atom. The van der Waals surface area contributed by atoms with Crippen molar-refractivity contribution in [3.63, 3.8) is 0 Å². The highest BCUT2D eigenvalue weighted by Gasteiger charge is 2.12. The van der Waals surface area contributed by atoms with Crippen LogP contribution >= 0.6 is 23.4 Å². The van der Waals surface area contributed by atoms with Gasteiger partial charge in [-0.1, -0.05) is 53.7 Å². The molecule has 4 aromatic rings. The minimum atomic E-state index is -0.396. The predicted molar refractivity (Wildman–Crippen MR) is 135 cm³/mol. The molecule has 0 bridgehead atoms. The first-order valence-electron chi connectivity index (χ1n) is 11.1. The normalized spacial score (nSPS) is 10.9. The van der Waals surface area contributed by atoms with E-state index in [9.17, 15) is 4.39 Å². The van der Waals surface area contributed by atoms with Crippen molar-refractivity contribution in [2.45, 2.75) is 25.2 Å². The van der Waals surface area contributed by atoms with Gasteiger partial charge in [0.2, 0.25) is 5.16 Å². The lowest BCUT2D eigenvalue weighted by atomic mass is 10.2. The molecule has 0 unspecified atom stereocenters. The largest absolute Gasteiger partial charge is 0.490 e. The lowest BCUT2D eigenvalue weighted by Crippen LogP contribution is -2.17. The van der Waals surface area contributed by atoms with E-state index in [4.69, 9.17) is 21.1 Å². The molecule has 0 amide bonds. The Morgan fingerprint density at radius 1 is 1.03 bits per heavy atom. The van der Waals surface area contributed by atoms with Gasteiger partial charge in [-0.05, 0) is 59.3 Å². The molecule has 0 atom stereocenters. The number of hydrogen-bond acceptors (Lipinski definition) is 7. The minimum absolute atomic E-state index is 0.0167. The van der Waals surface area contributed by atoms with Crippen molar-refractivity contribution in [3.8, 4) is 17.2 Å². The molecule has 4 rings (SSSR count). The third kappa shape index (κ3) is 6.72. The maximum atomic E-state index is 14.0. The molecule has 7 nitrogen and oxygen atoms in total. The van der Waals surface area contributed by atoms with Gasteiger partial charge in [0.25, 0.3) is 0 Å². The third-order valence-corrected chi connectivity index (χ3v) is 6.30. The Balaban J connectivity index is 1.29. The summed E-state index contributed by atoms with van der Waals surface area (Å²) in [6, 6.07) is 20.1. The summed E-state index contributed by atoms with van der Waals surface area (Å²) in [4.78, 5) is 0. The molecule has 0 aliphatic carbocycles. The van der Waals surface area contributed by atoms with E-state index in [0.717, 1.165) is 28.7 Å². The Kier molecular flexibility index (Phi) is 8.94. The van der Waals surface area contributed by atoms with Gasteiger partial charge in [-0.15, -0.1) is 5.10 Å². The standard InChI is InChI=1S/C25H25ClFN5O2S/c1-2-33-24-15-18(11-12-23(24)34-17-20-21(26)9-6-10-22(20)27)16-28-13-14-35-25-29-30-31-32(25)19-7-4-3-5-8-19/h3-12,15,28H,2,13-14,16-17H2,1H3. The maximum absolute atomic E-state index is 14.0. The Hall–Kier alpha value is -3.14. The zero-order valence-electron chi connectivity index (χ0n) is 19.2. The lowest BCUT2D eigenvalue weighted by molar-refractivity contribution is 0.265. The van der Waals surface area contributed by atoms with Crippen LogP contribution in [0.15, 0.2) is 71.9 Å². The Morgan fingerprint density at radius 2 is 1.89 bits per heavy atom. The summed E-state index contributed by atoms with van der Waals surface area (Å²) < 4.78 is 27.4. The number of nitrogens with one attached hydrogen (secondary N) is 1. The van der Waals surface area contributed by atoms with Gasteiger partial charge in [-0.2, -0.15) is 4.68 Å². The summed E-state index contributed by atoms with van der Waals surface area (Å²) in [7, 11) is 0. The monoisotopic (exact) mass is 513 g/mol. The van der Waals surface area contributed by atoms with Gasteiger partial charge in [0.1, 0.15) is 12.4 Å². The Labute approximate surface area is 212 Å². The van der Waals surface area contributed by atoms with Crippen molar-refractivity contribution in [3.05, 3.63) is 88.7 Å². The quantitative estimate of drug-likeness (QED) is 0.203. The van der Waals surface area contributed by atoms with Crippen molar-refractivity contribution < 1.29 is 13.9 Å². The molecule has 10 heteroatoms. The predicted octanol–water partition coefficient (Wildman–Crippen LogP) is 5.31. The highest BCUT2D eigenvalue weighted by Crippen LogP contribution is 2.30. The van der Waals surface area contributed by atoms with Crippen LogP contribution in [0.25, 0.3) is 5.69 Å². The molecule has 182 valence electrons. The van der Waals surface area contributed by atoms with Crippen molar-refractivity contribution in [2.24, 2.45) is 0 Å². The van der Waals surface area contributed by atoms with Crippen LogP contribution < -0.4 is 14.8 Å². The van der Waals surface area contributed by atoms with Gasteiger partial charge in [0.05, 0.1) is 17.3 Å². The van der Waals surface area contributed by atoms with Gasteiger partial charge >= 0.3 is 0 Å². The summed E-state index contributed by atoms with van der Waals surface area (Å²) in [6.45, 7) is 3.83. The fourth-order valence-electron chi connectivity index (χ4n) is 3.32. The van der Waals surface area contributed by atoms with Crippen molar-refractivity contribution >= 4 is 23.4 Å². The first-order valence-corrected chi connectivity index (χ1v) is 12.5. The summed E-state index contributed by atoms with van der Waals surface area (Å²) in [5.41, 5.74) is 2.29. The molecule has 0 radical (unpaired) electrons. The second-order valence-corrected chi connectivity index (χ2v) is 8.91. The van der Waals surface area contributed by atoms with Crippen LogP contribution in [0.5, 0.6) is 11.5 Å². The van der Waals surface area contributed by atoms with Crippen LogP contribution in [-0.4, -0.2) is 39.1 Å². The van der Waals surface area contributed by atoms with Crippen LogP contribution in [0.3, 0.4) is 0 Å². The van der Waals surface area contributed by atoms with Crippen LogP contribution in [0.1, 0.15) is 18.1 Å². The summed E-state index contributed by atoms with van der Waals surface area (Å²) in [5.74, 6) is 1.55. The van der Waals surface area contributed by atoms with Crippen molar-refractivity contribution in [1.82, 2.24) is 25.5 Å². The Bertz CT molecular complexity index is 1220. The maximum Gasteiger partial charge on any atom is 0.214 e. The molecule has 0 aliphatic heterocycles. The van der Waals surface area contributed by atoms with Crippen molar-refractivity contribution in [1.29, 1.82) is 0 Å². The highest BCUT2D eigenvalue weighted by atomic mass is 35.5. The number of rotatable bonds is 12. The van der Waals surface area contributed by atoms with E-state index in [0.29, 0.717) is 35.2 Å². The molecule has 0 saturated heterocycles. The minimum Gasteiger partial charge on any atom is -0.490 e. The molecule has 0 fully saturated rings.